The van der Waals surface area contributed by atoms with Gasteiger partial charge in [0.2, 0.25) is 6.04 Å². The van der Waals surface area contributed by atoms with E-state index >= 15 is 0 Å². The Bertz CT molecular complexity index is 512. The largest absolute Gasteiger partial charge is 0.378 e. The molecule has 2 atom stereocenters. The van der Waals surface area contributed by atoms with E-state index in [1.54, 1.807) is 6.92 Å². The first kappa shape index (κ1) is 17.0. The summed E-state index contributed by atoms with van der Waals surface area (Å²) in [6.45, 7) is 3.73. The minimum atomic E-state index is -0.704. The summed E-state index contributed by atoms with van der Waals surface area (Å²) in [4.78, 5) is 12.9. The fourth-order valence-electron chi connectivity index (χ4n) is 2.03. The lowest BCUT2D eigenvalue weighted by Crippen LogP contribution is -2.23. The molecule has 0 aliphatic rings. The van der Waals surface area contributed by atoms with Crippen molar-refractivity contribution in [1.29, 1.82) is 0 Å². The van der Waals surface area contributed by atoms with Gasteiger partial charge >= 0.3 is 0 Å². The minimum absolute atomic E-state index is 0.251. The third-order valence-electron chi connectivity index (χ3n) is 3.50. The quantitative estimate of drug-likeness (QED) is 0.347. The van der Waals surface area contributed by atoms with E-state index in [2.05, 4.69) is 18.8 Å². The van der Waals surface area contributed by atoms with Crippen LogP contribution in [0.25, 0.3) is 0 Å². The highest BCUT2D eigenvalue weighted by Crippen LogP contribution is 2.23. The van der Waals surface area contributed by atoms with Crippen molar-refractivity contribution in [2.24, 2.45) is 0 Å². The van der Waals surface area contributed by atoms with Crippen molar-refractivity contribution < 1.29 is 4.92 Å². The number of unbranched alkanes of at least 4 members (excludes halogenated alkanes) is 2. The van der Waals surface area contributed by atoms with Gasteiger partial charge in [-0.1, -0.05) is 31.4 Å². The van der Waals surface area contributed by atoms with Crippen LogP contribution in [0.3, 0.4) is 0 Å². The second kappa shape index (κ2) is 8.31. The van der Waals surface area contributed by atoms with Crippen molar-refractivity contribution in [1.82, 2.24) is 0 Å². The Kier molecular flexibility index (Phi) is 6.74. The van der Waals surface area contributed by atoms with Crippen LogP contribution < -0.4 is 4.90 Å². The highest BCUT2D eigenvalue weighted by atomic mass is 16.6. The molecule has 0 aliphatic carbocycles. The van der Waals surface area contributed by atoms with Crippen LogP contribution in [0.5, 0.6) is 0 Å². The van der Waals surface area contributed by atoms with Crippen molar-refractivity contribution in [3.05, 3.63) is 39.9 Å². The number of hydrogen-bond donors (Lipinski definition) is 0. The summed E-state index contributed by atoms with van der Waals surface area (Å²) >= 11 is 0. The predicted octanol–water partition coefficient (Wildman–Crippen LogP) is 3.70. The number of nitrogens with zero attached hydrogens (tertiary/aromatic N) is 2. The van der Waals surface area contributed by atoms with Crippen molar-refractivity contribution in [3.8, 4) is 11.8 Å². The monoisotopic (exact) mass is 288 g/mol. The van der Waals surface area contributed by atoms with Crippen LogP contribution in [0.15, 0.2) is 24.3 Å². The van der Waals surface area contributed by atoms with Gasteiger partial charge in [0.15, 0.2) is 0 Å². The molecule has 0 heterocycles. The van der Waals surface area contributed by atoms with E-state index in [4.69, 9.17) is 0 Å². The van der Waals surface area contributed by atoms with E-state index in [9.17, 15) is 10.1 Å². The molecule has 0 aromatic heterocycles. The molecule has 0 saturated carbocycles. The lowest BCUT2D eigenvalue weighted by atomic mass is 9.93. The molecule has 21 heavy (non-hydrogen) atoms. The number of nitro groups is 1. The maximum absolute atomic E-state index is 11.1. The summed E-state index contributed by atoms with van der Waals surface area (Å²) in [5, 5.41) is 11.1. The molecule has 1 aromatic rings. The van der Waals surface area contributed by atoms with Gasteiger partial charge in [-0.3, -0.25) is 10.1 Å². The Labute approximate surface area is 127 Å². The van der Waals surface area contributed by atoms with Crippen molar-refractivity contribution in [3.63, 3.8) is 0 Å². The molecular weight excluding hydrogens is 264 g/mol. The van der Waals surface area contributed by atoms with Crippen molar-refractivity contribution in [2.75, 3.05) is 19.0 Å². The van der Waals surface area contributed by atoms with Gasteiger partial charge < -0.3 is 4.90 Å². The Morgan fingerprint density at radius 3 is 2.38 bits per heavy atom. The topological polar surface area (TPSA) is 46.4 Å². The molecule has 114 valence electrons. The van der Waals surface area contributed by atoms with Gasteiger partial charge in [-0.25, -0.2) is 0 Å². The first-order valence-electron chi connectivity index (χ1n) is 7.36. The first-order chi connectivity index (χ1) is 9.97. The van der Waals surface area contributed by atoms with Crippen LogP contribution in [-0.2, 0) is 0 Å². The number of hydrogen-bond acceptors (Lipinski definition) is 3. The predicted molar refractivity (Wildman–Crippen MR) is 87.3 cm³/mol. The summed E-state index contributed by atoms with van der Waals surface area (Å²) in [6, 6.07) is 7.12. The highest BCUT2D eigenvalue weighted by molar-refractivity contribution is 5.47. The van der Waals surface area contributed by atoms with Gasteiger partial charge in [0.25, 0.3) is 0 Å². The zero-order valence-electron chi connectivity index (χ0n) is 13.3. The highest BCUT2D eigenvalue weighted by Gasteiger charge is 2.26. The molecular formula is C17H24N2O2. The summed E-state index contributed by atoms with van der Waals surface area (Å²) in [6.07, 6.45) is 2.92. The molecule has 0 N–H and O–H groups in total. The third kappa shape index (κ3) is 5.11. The van der Waals surface area contributed by atoms with Gasteiger partial charge in [-0.2, -0.15) is 0 Å². The fraction of sp³-hybridized carbons (Fsp3) is 0.529. The van der Waals surface area contributed by atoms with Gasteiger partial charge in [-0.15, -0.1) is 5.92 Å². The molecule has 4 nitrogen and oxygen atoms in total. The van der Waals surface area contributed by atoms with Crippen LogP contribution in [0.2, 0.25) is 0 Å². The van der Waals surface area contributed by atoms with Gasteiger partial charge in [0.05, 0.1) is 0 Å². The van der Waals surface area contributed by atoms with Crippen LogP contribution in [0, 0.1) is 22.0 Å². The average Bonchev–Trinajstić information content (AvgIpc) is 2.47. The number of anilines is 1. The van der Waals surface area contributed by atoms with Gasteiger partial charge in [-0.05, 0) is 24.1 Å². The van der Waals surface area contributed by atoms with Crippen molar-refractivity contribution >= 4 is 5.69 Å². The Morgan fingerprint density at radius 1 is 1.29 bits per heavy atom. The van der Waals surface area contributed by atoms with Crippen LogP contribution in [-0.4, -0.2) is 25.1 Å². The summed E-state index contributed by atoms with van der Waals surface area (Å²) in [5.41, 5.74) is 1.99. The molecule has 0 spiro atoms. The van der Waals surface area contributed by atoms with E-state index in [1.807, 2.05) is 43.3 Å². The molecule has 0 amide bonds. The number of benzene rings is 1. The molecule has 4 heteroatoms. The first-order valence-corrected chi connectivity index (χ1v) is 7.36. The molecule has 0 fully saturated rings. The molecule has 1 aromatic carbocycles. The van der Waals surface area contributed by atoms with E-state index in [-0.39, 0.29) is 10.8 Å². The fourth-order valence-corrected chi connectivity index (χ4v) is 2.03. The molecule has 0 bridgehead atoms. The Hall–Kier alpha value is -2.02. The molecule has 0 aliphatic heterocycles. The van der Waals surface area contributed by atoms with Crippen LogP contribution in [0.1, 0.15) is 44.6 Å². The summed E-state index contributed by atoms with van der Waals surface area (Å²) in [7, 11) is 3.94. The molecule has 0 saturated heterocycles. The minimum Gasteiger partial charge on any atom is -0.378 e. The number of rotatable bonds is 6. The normalized spacial score (nSPS) is 13.0. The Morgan fingerprint density at radius 2 is 1.90 bits per heavy atom. The second-order valence-electron chi connectivity index (χ2n) is 5.41. The van der Waals surface area contributed by atoms with Crippen LogP contribution in [0.4, 0.5) is 5.69 Å². The van der Waals surface area contributed by atoms with E-state index in [0.717, 1.165) is 30.5 Å². The maximum atomic E-state index is 11.1. The third-order valence-corrected chi connectivity index (χ3v) is 3.50. The van der Waals surface area contributed by atoms with Gasteiger partial charge in [0.1, 0.15) is 5.92 Å². The zero-order valence-corrected chi connectivity index (χ0v) is 13.3. The van der Waals surface area contributed by atoms with E-state index < -0.39 is 6.04 Å². The molecule has 2 unspecified atom stereocenters. The summed E-state index contributed by atoms with van der Waals surface area (Å²) in [5.74, 6) is 5.83. The maximum Gasteiger partial charge on any atom is 0.228 e. The standard InChI is InChI=1S/C17H24N2O2/c1-5-6-7-8-9-17(14(2)19(20)21)15-10-12-16(13-11-15)18(3)4/h10-14,17H,5-7H2,1-4H3. The van der Waals surface area contributed by atoms with Crippen LogP contribution >= 0.6 is 0 Å². The lowest BCUT2D eigenvalue weighted by Gasteiger charge is -2.16. The Balaban J connectivity index is 2.99. The smallest absolute Gasteiger partial charge is 0.228 e. The zero-order chi connectivity index (χ0) is 15.8. The van der Waals surface area contributed by atoms with E-state index in [1.165, 1.54) is 0 Å². The lowest BCUT2D eigenvalue weighted by molar-refractivity contribution is -0.519. The average molecular weight is 288 g/mol. The molecule has 0 radical (unpaired) electrons. The van der Waals surface area contributed by atoms with E-state index in [0.29, 0.717) is 0 Å². The van der Waals surface area contributed by atoms with Crippen molar-refractivity contribution in [2.45, 2.75) is 45.1 Å². The van der Waals surface area contributed by atoms with Gasteiger partial charge in [0, 0.05) is 38.1 Å². The summed E-state index contributed by atoms with van der Waals surface area (Å²) < 4.78 is 0. The second-order valence-corrected chi connectivity index (χ2v) is 5.41. The SMILES string of the molecule is CCCCC#CC(c1ccc(N(C)C)cc1)C(C)[N+](=O)[O-]. The molecule has 1 rings (SSSR count).